The van der Waals surface area contributed by atoms with Gasteiger partial charge in [-0.25, -0.2) is 0 Å². The molecule has 0 bridgehead atoms. The summed E-state index contributed by atoms with van der Waals surface area (Å²) in [5.74, 6) is -1.53. The van der Waals surface area contributed by atoms with E-state index in [9.17, 15) is 14.4 Å². The fraction of sp³-hybridized carbons (Fsp3) is 0.421. The highest BCUT2D eigenvalue weighted by Gasteiger charge is 2.38. The standard InChI is InChI=1S/C19H24N2O4/c1-4-10-20-18(23)14(3)25-19(24)16-11-17(22)21(12-16)13(2)15-8-6-5-7-9-15/h4-9,13-14,16H,1,10-12H2,2-3H3,(H,20,23)/t13-,14+,16+/m1/s1. The summed E-state index contributed by atoms with van der Waals surface area (Å²) in [6.07, 6.45) is 0.755. The Morgan fingerprint density at radius 2 is 2.04 bits per heavy atom. The summed E-state index contributed by atoms with van der Waals surface area (Å²) in [6.45, 7) is 7.57. The van der Waals surface area contributed by atoms with Crippen LogP contribution < -0.4 is 5.32 Å². The second-order valence-corrected chi connectivity index (χ2v) is 6.15. The van der Waals surface area contributed by atoms with Crippen molar-refractivity contribution in [2.45, 2.75) is 32.4 Å². The summed E-state index contributed by atoms with van der Waals surface area (Å²) in [4.78, 5) is 38.0. The summed E-state index contributed by atoms with van der Waals surface area (Å²) in [7, 11) is 0. The fourth-order valence-corrected chi connectivity index (χ4v) is 2.82. The lowest BCUT2D eigenvalue weighted by molar-refractivity contribution is -0.158. The van der Waals surface area contributed by atoms with Crippen LogP contribution in [0.5, 0.6) is 0 Å². The zero-order valence-electron chi connectivity index (χ0n) is 14.6. The number of carbonyl (C=O) groups excluding carboxylic acids is 3. The van der Waals surface area contributed by atoms with Crippen LogP contribution in [0, 0.1) is 5.92 Å². The maximum atomic E-state index is 12.3. The minimum absolute atomic E-state index is 0.0814. The SMILES string of the molecule is C=CCNC(=O)[C@H](C)OC(=O)[C@H]1CC(=O)N([C@H](C)c2ccccc2)C1. The molecule has 1 N–H and O–H groups in total. The van der Waals surface area contributed by atoms with Crippen LogP contribution in [0.2, 0.25) is 0 Å². The van der Waals surface area contributed by atoms with Crippen LogP contribution in [0.3, 0.4) is 0 Å². The first-order valence-corrected chi connectivity index (χ1v) is 8.37. The molecule has 6 nitrogen and oxygen atoms in total. The maximum Gasteiger partial charge on any atom is 0.312 e. The zero-order chi connectivity index (χ0) is 18.4. The molecule has 0 unspecified atom stereocenters. The molecule has 2 rings (SSSR count). The van der Waals surface area contributed by atoms with Crippen LogP contribution in [0.25, 0.3) is 0 Å². The molecule has 0 radical (unpaired) electrons. The highest BCUT2D eigenvalue weighted by Crippen LogP contribution is 2.29. The Kier molecular flexibility index (Phi) is 6.33. The van der Waals surface area contributed by atoms with Gasteiger partial charge in [-0.3, -0.25) is 14.4 Å². The number of ether oxygens (including phenoxy) is 1. The van der Waals surface area contributed by atoms with Gasteiger partial charge in [-0.2, -0.15) is 0 Å². The highest BCUT2D eigenvalue weighted by molar-refractivity contribution is 5.89. The number of amides is 2. The molecule has 2 amide bonds. The van der Waals surface area contributed by atoms with Gasteiger partial charge in [-0.1, -0.05) is 36.4 Å². The van der Waals surface area contributed by atoms with Crippen LogP contribution in [0.15, 0.2) is 43.0 Å². The second kappa shape index (κ2) is 8.46. The summed E-state index contributed by atoms with van der Waals surface area (Å²) in [6, 6.07) is 9.55. The molecule has 1 aromatic carbocycles. The van der Waals surface area contributed by atoms with Crippen LogP contribution in [0.1, 0.15) is 31.9 Å². The van der Waals surface area contributed by atoms with E-state index in [1.54, 1.807) is 11.0 Å². The fourth-order valence-electron chi connectivity index (χ4n) is 2.82. The third kappa shape index (κ3) is 4.68. The quantitative estimate of drug-likeness (QED) is 0.605. The molecule has 1 aromatic rings. The lowest BCUT2D eigenvalue weighted by Gasteiger charge is -2.25. The van der Waals surface area contributed by atoms with Crippen molar-refractivity contribution in [3.8, 4) is 0 Å². The van der Waals surface area contributed by atoms with Gasteiger partial charge in [0.1, 0.15) is 0 Å². The molecule has 0 aliphatic carbocycles. The van der Waals surface area contributed by atoms with Gasteiger partial charge in [-0.15, -0.1) is 6.58 Å². The Bertz CT molecular complexity index is 644. The molecular weight excluding hydrogens is 320 g/mol. The van der Waals surface area contributed by atoms with E-state index in [0.29, 0.717) is 13.1 Å². The molecular formula is C19H24N2O4. The maximum absolute atomic E-state index is 12.3. The minimum atomic E-state index is -0.900. The van der Waals surface area contributed by atoms with Crippen molar-refractivity contribution in [3.63, 3.8) is 0 Å². The van der Waals surface area contributed by atoms with Crippen molar-refractivity contribution < 1.29 is 19.1 Å². The van der Waals surface area contributed by atoms with Crippen molar-refractivity contribution in [2.24, 2.45) is 5.92 Å². The number of hydrogen-bond donors (Lipinski definition) is 1. The summed E-state index contributed by atoms with van der Waals surface area (Å²) >= 11 is 0. The van der Waals surface area contributed by atoms with E-state index in [1.165, 1.54) is 6.92 Å². The van der Waals surface area contributed by atoms with E-state index in [0.717, 1.165) is 5.56 Å². The van der Waals surface area contributed by atoms with Crippen molar-refractivity contribution in [3.05, 3.63) is 48.6 Å². The lowest BCUT2D eigenvalue weighted by atomic mass is 10.1. The minimum Gasteiger partial charge on any atom is -0.452 e. The molecule has 1 aliphatic rings. The Morgan fingerprint density at radius 1 is 1.36 bits per heavy atom. The summed E-state index contributed by atoms with van der Waals surface area (Å²) in [5, 5.41) is 2.57. The van der Waals surface area contributed by atoms with Crippen LogP contribution >= 0.6 is 0 Å². The summed E-state index contributed by atoms with van der Waals surface area (Å²) in [5.41, 5.74) is 1.02. The van der Waals surface area contributed by atoms with E-state index in [1.807, 2.05) is 37.3 Å². The van der Waals surface area contributed by atoms with E-state index in [2.05, 4.69) is 11.9 Å². The third-order valence-electron chi connectivity index (χ3n) is 4.32. The molecule has 0 aromatic heterocycles. The molecule has 0 spiro atoms. The third-order valence-corrected chi connectivity index (χ3v) is 4.32. The normalized spacial score (nSPS) is 19.2. The van der Waals surface area contributed by atoms with E-state index in [4.69, 9.17) is 4.74 Å². The second-order valence-electron chi connectivity index (χ2n) is 6.15. The van der Waals surface area contributed by atoms with Crippen LogP contribution in [-0.4, -0.2) is 41.9 Å². The molecule has 1 aliphatic heterocycles. The van der Waals surface area contributed by atoms with Gasteiger partial charge in [-0.05, 0) is 19.4 Å². The first-order valence-electron chi connectivity index (χ1n) is 8.37. The average molecular weight is 344 g/mol. The van der Waals surface area contributed by atoms with E-state index < -0.39 is 18.0 Å². The van der Waals surface area contributed by atoms with Crippen molar-refractivity contribution >= 4 is 17.8 Å². The number of nitrogens with one attached hydrogen (secondary N) is 1. The van der Waals surface area contributed by atoms with Gasteiger partial charge in [0.25, 0.3) is 5.91 Å². The Balaban J connectivity index is 1.94. The monoisotopic (exact) mass is 344 g/mol. The van der Waals surface area contributed by atoms with Crippen molar-refractivity contribution in [2.75, 3.05) is 13.1 Å². The first kappa shape index (κ1) is 18.7. The average Bonchev–Trinajstić information content (AvgIpc) is 3.01. The van der Waals surface area contributed by atoms with Crippen LogP contribution in [-0.2, 0) is 19.1 Å². The highest BCUT2D eigenvalue weighted by atomic mass is 16.5. The van der Waals surface area contributed by atoms with Gasteiger partial charge in [0.15, 0.2) is 6.10 Å². The predicted molar refractivity (Wildman–Crippen MR) is 93.4 cm³/mol. The smallest absolute Gasteiger partial charge is 0.312 e. The van der Waals surface area contributed by atoms with Gasteiger partial charge >= 0.3 is 5.97 Å². The first-order chi connectivity index (χ1) is 11.9. The molecule has 25 heavy (non-hydrogen) atoms. The van der Waals surface area contributed by atoms with E-state index >= 15 is 0 Å². The Morgan fingerprint density at radius 3 is 2.68 bits per heavy atom. The molecule has 1 heterocycles. The molecule has 0 saturated carbocycles. The van der Waals surface area contributed by atoms with Gasteiger partial charge < -0.3 is 15.0 Å². The van der Waals surface area contributed by atoms with Crippen LogP contribution in [0.4, 0.5) is 0 Å². The molecule has 1 fully saturated rings. The van der Waals surface area contributed by atoms with Crippen molar-refractivity contribution in [1.82, 2.24) is 10.2 Å². The molecule has 1 saturated heterocycles. The zero-order valence-corrected chi connectivity index (χ0v) is 14.6. The Labute approximate surface area is 147 Å². The van der Waals surface area contributed by atoms with Gasteiger partial charge in [0.05, 0.1) is 12.0 Å². The number of esters is 1. The van der Waals surface area contributed by atoms with Crippen molar-refractivity contribution in [1.29, 1.82) is 0 Å². The van der Waals surface area contributed by atoms with E-state index in [-0.39, 0.29) is 24.3 Å². The summed E-state index contributed by atoms with van der Waals surface area (Å²) < 4.78 is 5.21. The Hall–Kier alpha value is -2.63. The molecule has 3 atom stereocenters. The number of rotatable bonds is 7. The lowest BCUT2D eigenvalue weighted by Crippen LogP contribution is -2.37. The predicted octanol–water partition coefficient (Wildman–Crippen LogP) is 1.83. The molecule has 134 valence electrons. The number of likely N-dealkylation sites (tertiary alicyclic amines) is 1. The molecule has 6 heteroatoms. The van der Waals surface area contributed by atoms with Gasteiger partial charge in [0, 0.05) is 19.5 Å². The number of benzene rings is 1. The largest absolute Gasteiger partial charge is 0.452 e. The topological polar surface area (TPSA) is 75.7 Å². The van der Waals surface area contributed by atoms with Gasteiger partial charge in [0.2, 0.25) is 5.91 Å². The number of hydrogen-bond acceptors (Lipinski definition) is 4. The number of carbonyl (C=O) groups is 3. The number of nitrogens with zero attached hydrogens (tertiary/aromatic N) is 1.